The highest BCUT2D eigenvalue weighted by Crippen LogP contribution is 2.26. The van der Waals surface area contributed by atoms with Crippen molar-refractivity contribution < 1.29 is 4.74 Å². The average molecular weight is 274 g/mol. The third-order valence-corrected chi connectivity index (χ3v) is 2.57. The van der Waals surface area contributed by atoms with Gasteiger partial charge in [0.15, 0.2) is 5.75 Å². The molecule has 6 nitrogen and oxygen atoms in total. The number of nitrogen functional groups attached to an aromatic ring is 1. The van der Waals surface area contributed by atoms with Gasteiger partial charge in [0.1, 0.15) is 5.52 Å². The van der Waals surface area contributed by atoms with Gasteiger partial charge in [-0.3, -0.25) is 4.98 Å². The number of pyridine rings is 1. The first kappa shape index (κ1) is 11.6. The minimum absolute atomic E-state index is 0.00296. The Morgan fingerprint density at radius 1 is 1.05 bits per heavy atom. The molecule has 0 amide bonds. The zero-order valence-corrected chi connectivity index (χ0v) is 10.4. The molecule has 0 spiro atoms. The molecule has 0 aliphatic carbocycles. The molecule has 3 aromatic rings. The average Bonchev–Trinajstić information content (AvgIpc) is 2.38. The van der Waals surface area contributed by atoms with Crippen LogP contribution in [0, 0.1) is 0 Å². The Morgan fingerprint density at radius 2 is 1.89 bits per heavy atom. The van der Waals surface area contributed by atoms with E-state index in [9.17, 15) is 0 Å². The van der Waals surface area contributed by atoms with Crippen LogP contribution in [0.1, 0.15) is 0 Å². The molecule has 0 bridgehead atoms. The number of hydrogen-bond acceptors (Lipinski definition) is 6. The fourth-order valence-electron chi connectivity index (χ4n) is 1.65. The molecule has 0 atom stereocenters. The fraction of sp³-hybridized carbons (Fsp3) is 0. The molecule has 0 radical (unpaired) electrons. The topological polar surface area (TPSA) is 86.8 Å². The quantitative estimate of drug-likeness (QED) is 0.772. The second-order valence-corrected chi connectivity index (χ2v) is 4.02. The van der Waals surface area contributed by atoms with Crippen LogP contribution in [0.3, 0.4) is 0 Å². The maximum Gasteiger partial charge on any atom is 0.328 e. The lowest BCUT2D eigenvalue weighted by atomic mass is 10.2. The number of benzene rings is 1. The molecule has 2 heterocycles. The Bertz CT molecular complexity index is 724. The molecule has 0 saturated carbocycles. The van der Waals surface area contributed by atoms with Crippen molar-refractivity contribution in [3.8, 4) is 11.8 Å². The SMILES string of the molecule is Nc1nc(Cl)nc(Oc2cccc3cccnc23)n1. The van der Waals surface area contributed by atoms with Crippen molar-refractivity contribution in [1.29, 1.82) is 0 Å². The van der Waals surface area contributed by atoms with Crippen molar-refractivity contribution in [3.05, 3.63) is 41.8 Å². The zero-order chi connectivity index (χ0) is 13.2. The Balaban J connectivity index is 2.05. The second-order valence-electron chi connectivity index (χ2n) is 3.68. The Labute approximate surface area is 113 Å². The predicted octanol–water partition coefficient (Wildman–Crippen LogP) is 2.45. The third kappa shape index (κ3) is 2.38. The zero-order valence-electron chi connectivity index (χ0n) is 9.62. The molecule has 0 fully saturated rings. The molecule has 0 aliphatic rings. The van der Waals surface area contributed by atoms with E-state index in [1.807, 2.05) is 24.3 Å². The molecule has 2 N–H and O–H groups in total. The first-order valence-electron chi connectivity index (χ1n) is 5.41. The monoisotopic (exact) mass is 273 g/mol. The molecule has 0 unspecified atom stereocenters. The van der Waals surface area contributed by atoms with Crippen LogP contribution in [0.25, 0.3) is 10.9 Å². The molecule has 1 aromatic carbocycles. The molecule has 19 heavy (non-hydrogen) atoms. The van der Waals surface area contributed by atoms with E-state index in [-0.39, 0.29) is 17.2 Å². The van der Waals surface area contributed by atoms with Gasteiger partial charge >= 0.3 is 6.01 Å². The molecular formula is C12H8ClN5O. The number of nitrogens with zero attached hydrogens (tertiary/aromatic N) is 4. The minimum Gasteiger partial charge on any atom is -0.422 e. The summed E-state index contributed by atoms with van der Waals surface area (Å²) in [6, 6.07) is 9.38. The van der Waals surface area contributed by atoms with Gasteiger partial charge in [0.25, 0.3) is 0 Å². The lowest BCUT2D eigenvalue weighted by Gasteiger charge is -2.06. The second kappa shape index (κ2) is 4.66. The molecule has 0 aliphatic heterocycles. The van der Waals surface area contributed by atoms with E-state index >= 15 is 0 Å². The Morgan fingerprint density at radius 3 is 2.74 bits per heavy atom. The number of nitrogens with two attached hydrogens (primary N) is 1. The van der Waals surface area contributed by atoms with Gasteiger partial charge in [-0.05, 0) is 23.7 Å². The van der Waals surface area contributed by atoms with E-state index in [1.165, 1.54) is 0 Å². The number of para-hydroxylation sites is 1. The highest BCUT2D eigenvalue weighted by atomic mass is 35.5. The molecule has 3 rings (SSSR count). The minimum atomic E-state index is -0.0179. The van der Waals surface area contributed by atoms with Gasteiger partial charge in [0.2, 0.25) is 11.2 Å². The highest BCUT2D eigenvalue weighted by Gasteiger charge is 2.08. The normalized spacial score (nSPS) is 10.6. The molecule has 94 valence electrons. The van der Waals surface area contributed by atoms with Crippen LogP contribution >= 0.6 is 11.6 Å². The van der Waals surface area contributed by atoms with Crippen LogP contribution < -0.4 is 10.5 Å². The Hall–Kier alpha value is -2.47. The smallest absolute Gasteiger partial charge is 0.328 e. The summed E-state index contributed by atoms with van der Waals surface area (Å²) in [4.78, 5) is 15.6. The molecule has 7 heteroatoms. The number of rotatable bonds is 2. The Kier molecular flexibility index (Phi) is 2.85. The lowest BCUT2D eigenvalue weighted by Crippen LogP contribution is -2.00. The summed E-state index contributed by atoms with van der Waals surface area (Å²) in [6.07, 6.45) is 1.68. The number of ether oxygens (including phenoxy) is 1. The fourth-order valence-corrected chi connectivity index (χ4v) is 1.81. The van der Waals surface area contributed by atoms with Crippen molar-refractivity contribution in [2.45, 2.75) is 0 Å². The van der Waals surface area contributed by atoms with E-state index in [2.05, 4.69) is 19.9 Å². The number of aromatic nitrogens is 4. The largest absolute Gasteiger partial charge is 0.422 e. The summed E-state index contributed by atoms with van der Waals surface area (Å²) in [7, 11) is 0. The van der Waals surface area contributed by atoms with Crippen LogP contribution in [-0.2, 0) is 0 Å². The van der Waals surface area contributed by atoms with Gasteiger partial charge in [-0.15, -0.1) is 0 Å². The van der Waals surface area contributed by atoms with Crippen LogP contribution in [0.15, 0.2) is 36.5 Å². The van der Waals surface area contributed by atoms with Gasteiger partial charge in [-0.2, -0.15) is 15.0 Å². The summed E-state index contributed by atoms with van der Waals surface area (Å²) in [5, 5.41) is 0.934. The van der Waals surface area contributed by atoms with E-state index < -0.39 is 0 Å². The molecular weight excluding hydrogens is 266 g/mol. The van der Waals surface area contributed by atoms with Gasteiger partial charge in [-0.1, -0.05) is 18.2 Å². The third-order valence-electron chi connectivity index (χ3n) is 2.40. The summed E-state index contributed by atoms with van der Waals surface area (Å²) in [6.45, 7) is 0. The molecule has 2 aromatic heterocycles. The van der Waals surface area contributed by atoms with Crippen molar-refractivity contribution in [2.24, 2.45) is 0 Å². The maximum absolute atomic E-state index is 5.70. The van der Waals surface area contributed by atoms with Crippen LogP contribution in [0.4, 0.5) is 5.95 Å². The standard InChI is InChI=1S/C12H8ClN5O/c13-10-16-11(14)18-12(17-10)19-8-5-1-3-7-4-2-6-15-9(7)8/h1-6H,(H2,14,16,17,18). The number of hydrogen-bond donors (Lipinski definition) is 1. The highest BCUT2D eigenvalue weighted by molar-refractivity contribution is 6.28. The number of fused-ring (bicyclic) bond motifs is 1. The van der Waals surface area contributed by atoms with E-state index in [0.717, 1.165) is 5.39 Å². The van der Waals surface area contributed by atoms with Crippen LogP contribution in [0.2, 0.25) is 5.28 Å². The summed E-state index contributed by atoms with van der Waals surface area (Å²) >= 11 is 5.70. The van der Waals surface area contributed by atoms with Crippen LogP contribution in [0.5, 0.6) is 11.8 Å². The van der Waals surface area contributed by atoms with Crippen LogP contribution in [-0.4, -0.2) is 19.9 Å². The van der Waals surface area contributed by atoms with Gasteiger partial charge in [-0.25, -0.2) is 0 Å². The van der Waals surface area contributed by atoms with Gasteiger partial charge in [0.05, 0.1) is 0 Å². The lowest BCUT2D eigenvalue weighted by molar-refractivity contribution is 0.444. The summed E-state index contributed by atoms with van der Waals surface area (Å²) in [5.74, 6) is 0.531. The van der Waals surface area contributed by atoms with E-state index in [4.69, 9.17) is 22.1 Å². The summed E-state index contributed by atoms with van der Waals surface area (Å²) < 4.78 is 5.56. The number of halogens is 1. The first-order chi connectivity index (χ1) is 9.22. The predicted molar refractivity (Wildman–Crippen MR) is 71.1 cm³/mol. The summed E-state index contributed by atoms with van der Waals surface area (Å²) in [5.41, 5.74) is 6.19. The van der Waals surface area contributed by atoms with E-state index in [0.29, 0.717) is 11.3 Å². The van der Waals surface area contributed by atoms with Crippen molar-refractivity contribution in [3.63, 3.8) is 0 Å². The van der Waals surface area contributed by atoms with Crippen molar-refractivity contribution in [2.75, 3.05) is 5.73 Å². The first-order valence-corrected chi connectivity index (χ1v) is 5.79. The maximum atomic E-state index is 5.70. The number of anilines is 1. The van der Waals surface area contributed by atoms with Crippen molar-refractivity contribution >= 4 is 28.5 Å². The van der Waals surface area contributed by atoms with E-state index in [1.54, 1.807) is 12.3 Å². The van der Waals surface area contributed by atoms with Gasteiger partial charge < -0.3 is 10.5 Å². The van der Waals surface area contributed by atoms with Gasteiger partial charge in [0, 0.05) is 11.6 Å². The van der Waals surface area contributed by atoms with Crippen molar-refractivity contribution in [1.82, 2.24) is 19.9 Å². The molecule has 0 saturated heterocycles.